The fraction of sp³-hybridized carbons (Fsp3) is 1.00. The zero-order valence-electron chi connectivity index (χ0n) is 8.92. The van der Waals surface area contributed by atoms with E-state index in [1.165, 1.54) is 32.1 Å². The molecular weight excluding hydrogens is 160 g/mol. The smallest absolute Gasteiger partial charge is 0.0568 e. The molecule has 0 radical (unpaired) electrons. The highest BCUT2D eigenvalue weighted by Gasteiger charge is 2.44. The first-order chi connectivity index (χ1) is 6.13. The van der Waals surface area contributed by atoms with Crippen molar-refractivity contribution in [3.05, 3.63) is 0 Å². The summed E-state index contributed by atoms with van der Waals surface area (Å²) < 4.78 is 0. The van der Waals surface area contributed by atoms with E-state index in [0.717, 1.165) is 12.3 Å². The third kappa shape index (κ3) is 1.52. The fourth-order valence-electron chi connectivity index (χ4n) is 3.64. The summed E-state index contributed by atoms with van der Waals surface area (Å²) in [5.74, 6) is 1.34. The number of fused-ring (bicyclic) bond motifs is 1. The largest absolute Gasteiger partial charge is 0.393 e. The molecule has 1 N–H and O–H groups in total. The first kappa shape index (κ1) is 9.51. The zero-order valence-corrected chi connectivity index (χ0v) is 8.92. The van der Waals surface area contributed by atoms with E-state index in [0.29, 0.717) is 11.3 Å². The van der Waals surface area contributed by atoms with E-state index in [-0.39, 0.29) is 6.10 Å². The summed E-state index contributed by atoms with van der Waals surface area (Å²) in [5.41, 5.74) is 0.566. The second-order valence-electron chi connectivity index (χ2n) is 5.47. The van der Waals surface area contributed by atoms with Crippen LogP contribution in [0.3, 0.4) is 0 Å². The van der Waals surface area contributed by atoms with Crippen LogP contribution in [-0.2, 0) is 0 Å². The van der Waals surface area contributed by atoms with Crippen molar-refractivity contribution in [2.75, 3.05) is 0 Å². The fourth-order valence-corrected chi connectivity index (χ4v) is 3.64. The standard InChI is InChI=1S/C12H22O/c1-9-10-5-3-4-7-12(10,2)8-6-11(9)13/h9-11,13H,3-8H2,1-2H3/t9-,10-,11-,12-/m1/s1. The Hall–Kier alpha value is -0.0400. The molecule has 0 aromatic heterocycles. The van der Waals surface area contributed by atoms with Crippen molar-refractivity contribution in [2.24, 2.45) is 17.3 Å². The minimum atomic E-state index is -0.0174. The molecule has 2 rings (SSSR count). The van der Waals surface area contributed by atoms with Crippen molar-refractivity contribution in [1.29, 1.82) is 0 Å². The Balaban J connectivity index is 2.15. The highest BCUT2D eigenvalue weighted by atomic mass is 16.3. The van der Waals surface area contributed by atoms with Gasteiger partial charge in [-0.1, -0.05) is 26.7 Å². The molecule has 2 aliphatic rings. The lowest BCUT2D eigenvalue weighted by Gasteiger charge is -2.50. The maximum atomic E-state index is 9.83. The molecule has 0 spiro atoms. The molecule has 1 nitrogen and oxygen atoms in total. The molecule has 0 aliphatic heterocycles. The third-order valence-electron chi connectivity index (χ3n) is 4.66. The van der Waals surface area contributed by atoms with Crippen molar-refractivity contribution in [3.63, 3.8) is 0 Å². The first-order valence-electron chi connectivity index (χ1n) is 5.81. The van der Waals surface area contributed by atoms with Gasteiger partial charge < -0.3 is 5.11 Å². The maximum absolute atomic E-state index is 9.83. The summed E-state index contributed by atoms with van der Waals surface area (Å²) in [6.07, 6.45) is 7.82. The normalized spacial score (nSPS) is 51.5. The predicted octanol–water partition coefficient (Wildman–Crippen LogP) is 2.97. The van der Waals surface area contributed by atoms with E-state index >= 15 is 0 Å². The van der Waals surface area contributed by atoms with Crippen LogP contribution in [0.2, 0.25) is 0 Å². The predicted molar refractivity (Wildman–Crippen MR) is 54.5 cm³/mol. The molecule has 4 atom stereocenters. The summed E-state index contributed by atoms with van der Waals surface area (Å²) in [5, 5.41) is 9.83. The lowest BCUT2D eigenvalue weighted by molar-refractivity contribution is -0.0549. The van der Waals surface area contributed by atoms with Gasteiger partial charge >= 0.3 is 0 Å². The quantitative estimate of drug-likeness (QED) is 0.610. The van der Waals surface area contributed by atoms with Crippen LogP contribution in [-0.4, -0.2) is 11.2 Å². The molecule has 2 aliphatic carbocycles. The number of aliphatic hydroxyl groups excluding tert-OH is 1. The third-order valence-corrected chi connectivity index (χ3v) is 4.66. The van der Waals surface area contributed by atoms with E-state index in [9.17, 15) is 5.11 Å². The topological polar surface area (TPSA) is 20.2 Å². The highest BCUT2D eigenvalue weighted by Crippen LogP contribution is 2.52. The Morgan fingerprint density at radius 3 is 2.69 bits per heavy atom. The molecule has 1 heteroatoms. The summed E-state index contributed by atoms with van der Waals surface area (Å²) in [6.45, 7) is 4.69. The van der Waals surface area contributed by atoms with Gasteiger partial charge in [0.05, 0.1) is 6.10 Å². The van der Waals surface area contributed by atoms with E-state index in [4.69, 9.17) is 0 Å². The van der Waals surface area contributed by atoms with Crippen molar-refractivity contribution in [1.82, 2.24) is 0 Å². The molecular formula is C12H22O. The Morgan fingerprint density at radius 1 is 1.15 bits per heavy atom. The summed E-state index contributed by atoms with van der Waals surface area (Å²) in [6, 6.07) is 0. The molecule has 2 fully saturated rings. The lowest BCUT2D eigenvalue weighted by Crippen LogP contribution is -2.44. The van der Waals surface area contributed by atoms with Gasteiger partial charge in [0.15, 0.2) is 0 Å². The van der Waals surface area contributed by atoms with Crippen molar-refractivity contribution in [2.45, 2.75) is 58.5 Å². The van der Waals surface area contributed by atoms with Crippen LogP contribution in [0, 0.1) is 17.3 Å². The Bertz CT molecular complexity index is 190. The summed E-state index contributed by atoms with van der Waals surface area (Å²) in [7, 11) is 0. The Kier molecular flexibility index (Phi) is 2.39. The SMILES string of the molecule is C[C@H]1[C@H](O)CC[C@@]2(C)CCCC[C@H]12. The van der Waals surface area contributed by atoms with E-state index < -0.39 is 0 Å². The number of hydrogen-bond acceptors (Lipinski definition) is 1. The van der Waals surface area contributed by atoms with Gasteiger partial charge in [-0.05, 0) is 42.9 Å². The number of rotatable bonds is 0. The molecule has 0 saturated heterocycles. The monoisotopic (exact) mass is 182 g/mol. The van der Waals surface area contributed by atoms with Gasteiger partial charge in [0.25, 0.3) is 0 Å². The van der Waals surface area contributed by atoms with Gasteiger partial charge in [0, 0.05) is 0 Å². The molecule has 0 aromatic carbocycles. The van der Waals surface area contributed by atoms with Gasteiger partial charge in [0.2, 0.25) is 0 Å². The number of hydrogen-bond donors (Lipinski definition) is 1. The van der Waals surface area contributed by atoms with Gasteiger partial charge in [-0.25, -0.2) is 0 Å². The molecule has 0 aromatic rings. The zero-order chi connectivity index (χ0) is 9.47. The molecule has 13 heavy (non-hydrogen) atoms. The minimum absolute atomic E-state index is 0.0174. The van der Waals surface area contributed by atoms with Crippen LogP contribution in [0.1, 0.15) is 52.4 Å². The minimum Gasteiger partial charge on any atom is -0.393 e. The van der Waals surface area contributed by atoms with Crippen LogP contribution < -0.4 is 0 Å². The lowest BCUT2D eigenvalue weighted by atomic mass is 9.56. The second-order valence-corrected chi connectivity index (χ2v) is 5.47. The van der Waals surface area contributed by atoms with Crippen LogP contribution in [0.15, 0.2) is 0 Å². The van der Waals surface area contributed by atoms with Crippen LogP contribution in [0.5, 0.6) is 0 Å². The summed E-state index contributed by atoms with van der Waals surface area (Å²) >= 11 is 0. The average Bonchev–Trinajstić information content (AvgIpc) is 2.12. The first-order valence-corrected chi connectivity index (χ1v) is 5.81. The van der Waals surface area contributed by atoms with Crippen LogP contribution in [0.25, 0.3) is 0 Å². The maximum Gasteiger partial charge on any atom is 0.0568 e. The Morgan fingerprint density at radius 2 is 1.92 bits per heavy atom. The molecule has 0 heterocycles. The van der Waals surface area contributed by atoms with Crippen molar-refractivity contribution < 1.29 is 5.11 Å². The Labute approximate surface area is 81.5 Å². The molecule has 0 bridgehead atoms. The highest BCUT2D eigenvalue weighted by molar-refractivity contribution is 4.95. The van der Waals surface area contributed by atoms with Gasteiger partial charge in [-0.3, -0.25) is 0 Å². The van der Waals surface area contributed by atoms with E-state index in [1.54, 1.807) is 0 Å². The van der Waals surface area contributed by atoms with E-state index in [1.807, 2.05) is 0 Å². The van der Waals surface area contributed by atoms with Gasteiger partial charge in [0.1, 0.15) is 0 Å². The second kappa shape index (κ2) is 3.27. The summed E-state index contributed by atoms with van der Waals surface area (Å²) in [4.78, 5) is 0. The number of aliphatic hydroxyl groups is 1. The van der Waals surface area contributed by atoms with Gasteiger partial charge in [-0.15, -0.1) is 0 Å². The molecule has 0 amide bonds. The van der Waals surface area contributed by atoms with Crippen LogP contribution >= 0.6 is 0 Å². The average molecular weight is 182 g/mol. The molecule has 2 saturated carbocycles. The molecule has 0 unspecified atom stereocenters. The molecule has 76 valence electrons. The van der Waals surface area contributed by atoms with Crippen LogP contribution in [0.4, 0.5) is 0 Å². The van der Waals surface area contributed by atoms with Crippen molar-refractivity contribution >= 4 is 0 Å². The van der Waals surface area contributed by atoms with E-state index in [2.05, 4.69) is 13.8 Å². The van der Waals surface area contributed by atoms with Gasteiger partial charge in [-0.2, -0.15) is 0 Å². The van der Waals surface area contributed by atoms with Crippen molar-refractivity contribution in [3.8, 4) is 0 Å².